The van der Waals surface area contributed by atoms with Gasteiger partial charge in [-0.1, -0.05) is 56.3 Å². The first-order valence-corrected chi connectivity index (χ1v) is 13.4. The quantitative estimate of drug-likeness (QED) is 0.609. The number of hydrogen-bond acceptors (Lipinski definition) is 4. The number of benzene rings is 2. The fourth-order valence-corrected chi connectivity index (χ4v) is 6.21. The second-order valence-corrected chi connectivity index (χ2v) is 11.0. The largest absolute Gasteiger partial charge is 0.338 e. The Hall–Kier alpha value is -3.48. The first-order valence-electron chi connectivity index (χ1n) is 13.4. The predicted octanol–water partition coefficient (Wildman–Crippen LogP) is 3.32. The van der Waals surface area contributed by atoms with Crippen molar-refractivity contribution in [3.8, 4) is 0 Å². The van der Waals surface area contributed by atoms with Crippen LogP contribution in [0, 0.1) is 11.8 Å². The highest BCUT2D eigenvalue weighted by atomic mass is 16.2. The Morgan fingerprint density at radius 1 is 0.892 bits per heavy atom. The number of ketones is 1. The number of nitrogens with zero attached hydrogens (tertiary/aromatic N) is 3. The number of Topliss-reactive ketones (excluding diaryl/α,β-unsaturated/α-hetero) is 1. The minimum absolute atomic E-state index is 0.0112. The van der Waals surface area contributed by atoms with Crippen molar-refractivity contribution in [2.75, 3.05) is 19.6 Å². The number of likely N-dealkylation sites (tertiary alicyclic amines) is 2. The summed E-state index contributed by atoms with van der Waals surface area (Å²) in [7, 11) is 0. The number of amides is 3. The van der Waals surface area contributed by atoms with Crippen LogP contribution in [0.4, 0.5) is 0 Å². The monoisotopic (exact) mass is 501 g/mol. The van der Waals surface area contributed by atoms with Gasteiger partial charge in [0.2, 0.25) is 11.8 Å². The molecule has 0 spiro atoms. The number of hydrogen-bond donors (Lipinski definition) is 0. The van der Waals surface area contributed by atoms with Gasteiger partial charge in [0, 0.05) is 37.5 Å². The van der Waals surface area contributed by atoms with Crippen LogP contribution in [0.3, 0.4) is 0 Å². The van der Waals surface area contributed by atoms with Crippen molar-refractivity contribution in [2.24, 2.45) is 11.8 Å². The van der Waals surface area contributed by atoms with Crippen molar-refractivity contribution in [1.29, 1.82) is 0 Å². The fourth-order valence-electron chi connectivity index (χ4n) is 6.21. The van der Waals surface area contributed by atoms with Crippen LogP contribution >= 0.6 is 0 Å². The normalized spacial score (nSPS) is 21.7. The van der Waals surface area contributed by atoms with Crippen LogP contribution in [0.1, 0.15) is 54.6 Å². The maximum absolute atomic E-state index is 13.8. The van der Waals surface area contributed by atoms with Crippen LogP contribution in [-0.4, -0.2) is 69.9 Å². The van der Waals surface area contributed by atoms with E-state index in [9.17, 15) is 19.2 Å². The molecule has 0 bridgehead atoms. The number of rotatable bonds is 6. The minimum Gasteiger partial charge on any atom is -0.338 e. The molecule has 2 saturated heterocycles. The van der Waals surface area contributed by atoms with E-state index in [0.29, 0.717) is 38.0 Å². The predicted molar refractivity (Wildman–Crippen MR) is 140 cm³/mol. The van der Waals surface area contributed by atoms with E-state index in [1.807, 2.05) is 35.2 Å². The van der Waals surface area contributed by atoms with Crippen molar-refractivity contribution in [1.82, 2.24) is 14.7 Å². The maximum atomic E-state index is 13.8. The molecule has 0 saturated carbocycles. The lowest BCUT2D eigenvalue weighted by Gasteiger charge is -2.32. The molecule has 2 aromatic rings. The Morgan fingerprint density at radius 2 is 1.59 bits per heavy atom. The molecule has 0 aromatic heterocycles. The lowest BCUT2D eigenvalue weighted by Crippen LogP contribution is -2.47. The smallest absolute Gasteiger partial charge is 0.254 e. The van der Waals surface area contributed by atoms with E-state index in [1.54, 1.807) is 21.9 Å². The van der Waals surface area contributed by atoms with Gasteiger partial charge in [-0.3, -0.25) is 19.2 Å². The highest BCUT2D eigenvalue weighted by Gasteiger charge is 2.52. The average Bonchev–Trinajstić information content (AvgIpc) is 3.48. The second-order valence-electron chi connectivity index (χ2n) is 11.0. The van der Waals surface area contributed by atoms with Crippen molar-refractivity contribution in [2.45, 2.75) is 58.2 Å². The van der Waals surface area contributed by atoms with Crippen LogP contribution < -0.4 is 0 Å². The molecular weight excluding hydrogens is 466 g/mol. The average molecular weight is 502 g/mol. The lowest BCUT2D eigenvalue weighted by atomic mass is 9.91. The molecule has 0 radical (unpaired) electrons. The summed E-state index contributed by atoms with van der Waals surface area (Å²) in [6, 6.07) is 16.2. The number of fused-ring (bicyclic) bond motifs is 2. The van der Waals surface area contributed by atoms with E-state index in [4.69, 9.17) is 0 Å². The van der Waals surface area contributed by atoms with Crippen LogP contribution in [0.15, 0.2) is 54.6 Å². The van der Waals surface area contributed by atoms with Crippen molar-refractivity contribution < 1.29 is 19.2 Å². The summed E-state index contributed by atoms with van der Waals surface area (Å²) in [5, 5.41) is 0. The minimum atomic E-state index is -0.619. The molecule has 3 amide bonds. The molecule has 7 heteroatoms. The molecule has 2 aromatic carbocycles. The third-order valence-electron chi connectivity index (χ3n) is 8.00. The lowest BCUT2D eigenvalue weighted by molar-refractivity contribution is -0.144. The summed E-state index contributed by atoms with van der Waals surface area (Å²) in [5.41, 5.74) is 2.99. The zero-order valence-corrected chi connectivity index (χ0v) is 21.6. The molecule has 37 heavy (non-hydrogen) atoms. The number of carbonyl (C=O) groups is 4. The first kappa shape index (κ1) is 25.2. The molecule has 3 aliphatic heterocycles. The highest BCUT2D eigenvalue weighted by molar-refractivity contribution is 6.02. The van der Waals surface area contributed by atoms with Crippen LogP contribution in [0.25, 0.3) is 0 Å². The SMILES string of the molecule is CC(C)C[C@@H](CC(=O)N1CCc2ccccc2C1)C(=O)N1CCC2C1C(=O)CN2C(=O)c1ccccc1. The van der Waals surface area contributed by atoms with Crippen LogP contribution in [0.5, 0.6) is 0 Å². The summed E-state index contributed by atoms with van der Waals surface area (Å²) in [4.78, 5) is 58.5. The van der Waals surface area contributed by atoms with Crippen molar-refractivity contribution >= 4 is 23.5 Å². The van der Waals surface area contributed by atoms with Gasteiger partial charge in [-0.2, -0.15) is 0 Å². The molecule has 2 fully saturated rings. The molecular formula is C30H35N3O4. The zero-order chi connectivity index (χ0) is 26.1. The molecule has 0 aliphatic carbocycles. The Bertz CT molecular complexity index is 1190. The summed E-state index contributed by atoms with van der Waals surface area (Å²) in [6.07, 6.45) is 2.13. The standard InChI is InChI=1S/C30H35N3O4/c1-20(2)16-24(17-27(35)31-14-12-21-8-6-7-11-23(21)18-31)30(37)32-15-13-25-28(32)26(34)19-33(25)29(36)22-9-4-3-5-10-22/h3-11,20,24-25,28H,12-19H2,1-2H3/t24-,25?,28?/m0/s1. The van der Waals surface area contributed by atoms with Gasteiger partial charge >= 0.3 is 0 Å². The van der Waals surface area contributed by atoms with Gasteiger partial charge in [0.25, 0.3) is 5.91 Å². The Labute approximate surface area is 218 Å². The summed E-state index contributed by atoms with van der Waals surface area (Å²) >= 11 is 0. The second kappa shape index (κ2) is 10.5. The summed E-state index contributed by atoms with van der Waals surface area (Å²) in [5.74, 6) is -0.651. The van der Waals surface area contributed by atoms with Crippen LogP contribution in [-0.2, 0) is 27.3 Å². The third-order valence-corrected chi connectivity index (χ3v) is 8.00. The van der Waals surface area contributed by atoms with Gasteiger partial charge in [0.05, 0.1) is 12.6 Å². The molecule has 3 heterocycles. The van der Waals surface area contributed by atoms with E-state index in [0.717, 1.165) is 12.0 Å². The van der Waals surface area contributed by atoms with Gasteiger partial charge < -0.3 is 14.7 Å². The highest BCUT2D eigenvalue weighted by Crippen LogP contribution is 2.33. The van der Waals surface area contributed by atoms with Gasteiger partial charge in [-0.05, 0) is 48.4 Å². The third kappa shape index (κ3) is 5.04. The first-order chi connectivity index (χ1) is 17.8. The zero-order valence-electron chi connectivity index (χ0n) is 21.6. The maximum Gasteiger partial charge on any atom is 0.254 e. The summed E-state index contributed by atoms with van der Waals surface area (Å²) in [6.45, 7) is 5.78. The number of carbonyl (C=O) groups excluding carboxylic acids is 4. The van der Waals surface area contributed by atoms with Crippen LogP contribution in [0.2, 0.25) is 0 Å². The molecule has 0 N–H and O–H groups in total. The molecule has 2 unspecified atom stereocenters. The Kier molecular flexibility index (Phi) is 7.13. The van der Waals surface area contributed by atoms with E-state index in [1.165, 1.54) is 5.56 Å². The molecule has 194 valence electrons. The van der Waals surface area contributed by atoms with E-state index in [-0.39, 0.29) is 48.4 Å². The Morgan fingerprint density at radius 3 is 2.32 bits per heavy atom. The fraction of sp³-hybridized carbons (Fsp3) is 0.467. The molecule has 3 atom stereocenters. The van der Waals surface area contributed by atoms with Crippen molar-refractivity contribution in [3.63, 3.8) is 0 Å². The Balaban J connectivity index is 1.29. The van der Waals surface area contributed by atoms with Gasteiger partial charge in [-0.15, -0.1) is 0 Å². The topological polar surface area (TPSA) is 78.0 Å². The van der Waals surface area contributed by atoms with Crippen molar-refractivity contribution in [3.05, 3.63) is 71.3 Å². The van der Waals surface area contributed by atoms with E-state index in [2.05, 4.69) is 26.0 Å². The van der Waals surface area contributed by atoms with Gasteiger partial charge in [0.1, 0.15) is 6.04 Å². The van der Waals surface area contributed by atoms with Gasteiger partial charge in [-0.25, -0.2) is 0 Å². The molecule has 5 rings (SSSR count). The van der Waals surface area contributed by atoms with Gasteiger partial charge in [0.15, 0.2) is 5.78 Å². The van der Waals surface area contributed by atoms with E-state index < -0.39 is 12.0 Å². The van der Waals surface area contributed by atoms with E-state index >= 15 is 0 Å². The molecule has 3 aliphatic rings. The summed E-state index contributed by atoms with van der Waals surface area (Å²) < 4.78 is 0. The molecule has 7 nitrogen and oxygen atoms in total.